The lowest BCUT2D eigenvalue weighted by molar-refractivity contribution is 0.892. The van der Waals surface area contributed by atoms with E-state index in [0.717, 1.165) is 28.2 Å². The van der Waals surface area contributed by atoms with Crippen molar-refractivity contribution in [2.75, 3.05) is 0 Å². The fraction of sp³-hybridized carbons (Fsp3) is 0. The van der Waals surface area contributed by atoms with Crippen LogP contribution in [0.4, 0.5) is 0 Å². The fourth-order valence-electron chi connectivity index (χ4n) is 3.50. The molecule has 3 heteroatoms. The maximum Gasteiger partial charge on any atom is 0.0934 e. The summed E-state index contributed by atoms with van der Waals surface area (Å²) >= 11 is 6.51. The maximum absolute atomic E-state index is 6.51. The van der Waals surface area contributed by atoms with E-state index in [1.807, 2.05) is 47.1 Å². The van der Waals surface area contributed by atoms with E-state index in [4.69, 9.17) is 16.7 Å². The van der Waals surface area contributed by atoms with E-state index in [1.54, 1.807) is 0 Å². The first kappa shape index (κ1) is 16.8. The van der Waals surface area contributed by atoms with Crippen molar-refractivity contribution in [2.24, 2.45) is 0 Å². The van der Waals surface area contributed by atoms with Crippen LogP contribution in [0.25, 0.3) is 39.0 Å². The first-order chi connectivity index (χ1) is 13.8. The highest BCUT2D eigenvalue weighted by Gasteiger charge is 2.15. The Kier molecular flexibility index (Phi) is 4.19. The summed E-state index contributed by atoms with van der Waals surface area (Å²) in [4.78, 5) is 0. The summed E-state index contributed by atoms with van der Waals surface area (Å²) in [6.07, 6.45) is 0. The van der Waals surface area contributed by atoms with Crippen molar-refractivity contribution in [2.45, 2.75) is 0 Å². The molecule has 1 heterocycles. The number of fused-ring (bicyclic) bond motifs is 1. The van der Waals surface area contributed by atoms with Crippen molar-refractivity contribution in [1.29, 1.82) is 0 Å². The van der Waals surface area contributed by atoms with Gasteiger partial charge in [0.2, 0.25) is 0 Å². The molecule has 0 bridgehead atoms. The Morgan fingerprint density at radius 3 is 2.18 bits per heavy atom. The number of hydrogen-bond donors (Lipinski definition) is 0. The Bertz CT molecular complexity index is 1270. The summed E-state index contributed by atoms with van der Waals surface area (Å²) in [5.74, 6) is 0. The Morgan fingerprint density at radius 2 is 1.36 bits per heavy atom. The van der Waals surface area contributed by atoms with Gasteiger partial charge >= 0.3 is 0 Å². The van der Waals surface area contributed by atoms with Crippen LogP contribution in [0.2, 0.25) is 5.02 Å². The van der Waals surface area contributed by atoms with Gasteiger partial charge < -0.3 is 0 Å². The van der Waals surface area contributed by atoms with Gasteiger partial charge in [-0.05, 0) is 41.1 Å². The van der Waals surface area contributed by atoms with Crippen LogP contribution in [0.15, 0.2) is 103 Å². The summed E-state index contributed by atoms with van der Waals surface area (Å²) in [5, 5.41) is 8.07. The van der Waals surface area contributed by atoms with Gasteiger partial charge in [0.15, 0.2) is 0 Å². The number of halogens is 1. The normalized spacial score (nSPS) is 11.0. The van der Waals surface area contributed by atoms with Crippen molar-refractivity contribution in [3.05, 3.63) is 108 Å². The van der Waals surface area contributed by atoms with E-state index in [-0.39, 0.29) is 0 Å². The molecule has 2 nitrogen and oxygen atoms in total. The zero-order valence-electron chi connectivity index (χ0n) is 15.1. The summed E-state index contributed by atoms with van der Waals surface area (Å²) in [5.41, 5.74) is 4.95. The monoisotopic (exact) mass is 380 g/mol. The van der Waals surface area contributed by atoms with E-state index in [2.05, 4.69) is 60.7 Å². The molecule has 0 saturated heterocycles. The van der Waals surface area contributed by atoms with Crippen molar-refractivity contribution in [3.63, 3.8) is 0 Å². The molecule has 0 saturated carbocycles. The van der Waals surface area contributed by atoms with Crippen LogP contribution in [-0.2, 0) is 0 Å². The topological polar surface area (TPSA) is 17.8 Å². The molecule has 4 aromatic carbocycles. The van der Waals surface area contributed by atoms with E-state index in [1.165, 1.54) is 10.8 Å². The van der Waals surface area contributed by atoms with Gasteiger partial charge in [-0.2, -0.15) is 5.10 Å². The standard InChI is InChI=1S/C25H17ClN2/c26-23-13-7-6-12-22(23)25-17-24(27-28(25)21-10-2-1-3-11-21)20-15-14-18-8-4-5-9-19(18)16-20/h1-17H. The lowest BCUT2D eigenvalue weighted by atomic mass is 10.0. The summed E-state index contributed by atoms with van der Waals surface area (Å²) in [6.45, 7) is 0. The molecule has 5 aromatic rings. The van der Waals surface area contributed by atoms with Gasteiger partial charge in [-0.3, -0.25) is 0 Å². The van der Waals surface area contributed by atoms with Gasteiger partial charge in [0.1, 0.15) is 0 Å². The second kappa shape index (κ2) is 6.99. The van der Waals surface area contributed by atoms with Crippen LogP contribution in [0.3, 0.4) is 0 Å². The van der Waals surface area contributed by atoms with Crippen molar-refractivity contribution < 1.29 is 0 Å². The van der Waals surface area contributed by atoms with Gasteiger partial charge in [-0.25, -0.2) is 4.68 Å². The van der Waals surface area contributed by atoms with E-state index >= 15 is 0 Å². The number of nitrogens with zero attached hydrogens (tertiary/aromatic N) is 2. The smallest absolute Gasteiger partial charge is 0.0934 e. The molecule has 0 N–H and O–H groups in total. The average molecular weight is 381 g/mol. The number of benzene rings is 4. The Labute approximate surface area is 168 Å². The van der Waals surface area contributed by atoms with Crippen molar-refractivity contribution in [1.82, 2.24) is 9.78 Å². The fourth-order valence-corrected chi connectivity index (χ4v) is 3.73. The lowest BCUT2D eigenvalue weighted by Gasteiger charge is -2.08. The Hall–Kier alpha value is -3.36. The van der Waals surface area contributed by atoms with Crippen molar-refractivity contribution in [3.8, 4) is 28.2 Å². The summed E-state index contributed by atoms with van der Waals surface area (Å²) < 4.78 is 1.96. The molecule has 0 fully saturated rings. The first-order valence-electron chi connectivity index (χ1n) is 9.19. The SMILES string of the molecule is Clc1ccccc1-c1cc(-c2ccc3ccccc3c2)nn1-c1ccccc1. The van der Waals surface area contributed by atoms with Crippen LogP contribution >= 0.6 is 11.6 Å². The minimum atomic E-state index is 0.713. The molecule has 28 heavy (non-hydrogen) atoms. The highest BCUT2D eigenvalue weighted by Crippen LogP contribution is 2.33. The molecule has 0 aliphatic heterocycles. The number of rotatable bonds is 3. The molecule has 1 aromatic heterocycles. The van der Waals surface area contributed by atoms with E-state index < -0.39 is 0 Å². The Morgan fingerprint density at radius 1 is 0.643 bits per heavy atom. The zero-order chi connectivity index (χ0) is 18.9. The number of aromatic nitrogens is 2. The summed E-state index contributed by atoms with van der Waals surface area (Å²) in [7, 11) is 0. The molecular formula is C25H17ClN2. The highest BCUT2D eigenvalue weighted by atomic mass is 35.5. The van der Waals surface area contributed by atoms with Crippen LogP contribution < -0.4 is 0 Å². The molecule has 0 amide bonds. The van der Waals surface area contributed by atoms with Crippen LogP contribution in [0, 0.1) is 0 Å². The second-order valence-corrected chi connectivity index (χ2v) is 7.11. The van der Waals surface area contributed by atoms with Crippen LogP contribution in [0.5, 0.6) is 0 Å². The van der Waals surface area contributed by atoms with Gasteiger partial charge in [-0.1, -0.05) is 84.4 Å². The first-order valence-corrected chi connectivity index (χ1v) is 9.57. The lowest BCUT2D eigenvalue weighted by Crippen LogP contribution is -1.99. The number of para-hydroxylation sites is 1. The third-order valence-corrected chi connectivity index (χ3v) is 5.23. The van der Waals surface area contributed by atoms with Gasteiger partial charge in [-0.15, -0.1) is 0 Å². The van der Waals surface area contributed by atoms with E-state index in [0.29, 0.717) is 5.02 Å². The molecule has 0 unspecified atom stereocenters. The van der Waals surface area contributed by atoms with Gasteiger partial charge in [0.25, 0.3) is 0 Å². The zero-order valence-corrected chi connectivity index (χ0v) is 15.8. The molecule has 0 aliphatic carbocycles. The predicted molar refractivity (Wildman–Crippen MR) is 117 cm³/mol. The Balaban J connectivity index is 1.72. The second-order valence-electron chi connectivity index (χ2n) is 6.70. The molecule has 5 rings (SSSR count). The maximum atomic E-state index is 6.51. The quantitative estimate of drug-likeness (QED) is 0.329. The van der Waals surface area contributed by atoms with Crippen LogP contribution in [0.1, 0.15) is 0 Å². The number of hydrogen-bond acceptors (Lipinski definition) is 1. The molecular weight excluding hydrogens is 364 g/mol. The summed E-state index contributed by atoms with van der Waals surface area (Å²) in [6, 6.07) is 35.0. The largest absolute Gasteiger partial charge is 0.232 e. The molecule has 0 spiro atoms. The predicted octanol–water partition coefficient (Wildman–Crippen LogP) is 7.01. The van der Waals surface area contributed by atoms with E-state index in [9.17, 15) is 0 Å². The molecule has 134 valence electrons. The molecule has 0 atom stereocenters. The molecule has 0 aliphatic rings. The van der Waals surface area contributed by atoms with Crippen LogP contribution in [-0.4, -0.2) is 9.78 Å². The van der Waals surface area contributed by atoms with Crippen molar-refractivity contribution >= 4 is 22.4 Å². The third kappa shape index (κ3) is 2.98. The van der Waals surface area contributed by atoms with Gasteiger partial charge in [0, 0.05) is 16.1 Å². The minimum absolute atomic E-state index is 0.713. The van der Waals surface area contributed by atoms with Gasteiger partial charge in [0.05, 0.1) is 17.1 Å². The minimum Gasteiger partial charge on any atom is -0.232 e. The highest BCUT2D eigenvalue weighted by molar-refractivity contribution is 6.33. The third-order valence-electron chi connectivity index (χ3n) is 4.91. The molecule has 0 radical (unpaired) electrons. The average Bonchev–Trinajstić information content (AvgIpc) is 3.19.